The van der Waals surface area contributed by atoms with Crippen LogP contribution in [-0.4, -0.2) is 32.0 Å². The van der Waals surface area contributed by atoms with Crippen molar-refractivity contribution in [1.29, 1.82) is 0 Å². The second-order valence-corrected chi connectivity index (χ2v) is 5.54. The van der Waals surface area contributed by atoms with Crippen molar-refractivity contribution in [2.75, 3.05) is 30.8 Å². The van der Waals surface area contributed by atoms with Crippen LogP contribution in [0, 0.1) is 18.6 Å². The lowest BCUT2D eigenvalue weighted by molar-refractivity contribution is -0.122. The van der Waals surface area contributed by atoms with Crippen LogP contribution in [0.2, 0.25) is 0 Å². The van der Waals surface area contributed by atoms with E-state index < -0.39 is 23.4 Å². The number of hydrogen-bond acceptors (Lipinski definition) is 4. The predicted octanol–water partition coefficient (Wildman–Crippen LogP) is 2.45. The number of methoxy groups -OCH3 is 1. The molecule has 0 radical (unpaired) electrons. The minimum atomic E-state index is -0.751. The number of carbonyl (C=O) groups is 2. The topological polar surface area (TPSA) is 79.5 Å². The van der Waals surface area contributed by atoms with E-state index in [2.05, 4.69) is 16.0 Å². The molecule has 0 spiro atoms. The number of nitrogens with one attached hydrogen (secondary N) is 3. The molecule has 2 amide bonds. The number of halogens is 2. The SMILES string of the molecule is COc1ccc(C)cc1NC(=O)CNC(=O)CNc1cc(F)cc(F)c1. The summed E-state index contributed by atoms with van der Waals surface area (Å²) in [6, 6.07) is 8.18. The number of carbonyl (C=O) groups excluding carboxylic acids is 2. The van der Waals surface area contributed by atoms with Crippen molar-refractivity contribution in [3.05, 3.63) is 53.6 Å². The molecular formula is C18H19F2N3O3. The van der Waals surface area contributed by atoms with Crippen molar-refractivity contribution in [2.24, 2.45) is 0 Å². The minimum Gasteiger partial charge on any atom is -0.495 e. The molecule has 2 rings (SSSR count). The second kappa shape index (κ2) is 8.80. The highest BCUT2D eigenvalue weighted by Crippen LogP contribution is 2.24. The first-order valence-corrected chi connectivity index (χ1v) is 7.78. The summed E-state index contributed by atoms with van der Waals surface area (Å²) in [6.45, 7) is 1.39. The fraction of sp³-hybridized carbons (Fsp3) is 0.222. The maximum atomic E-state index is 13.1. The molecule has 0 aromatic heterocycles. The van der Waals surface area contributed by atoms with Crippen molar-refractivity contribution >= 4 is 23.2 Å². The van der Waals surface area contributed by atoms with Crippen LogP contribution in [0.3, 0.4) is 0 Å². The Bertz CT molecular complexity index is 792. The van der Waals surface area contributed by atoms with Crippen LogP contribution in [0.1, 0.15) is 5.56 Å². The van der Waals surface area contributed by atoms with E-state index in [0.717, 1.165) is 23.8 Å². The summed E-state index contributed by atoms with van der Waals surface area (Å²) in [7, 11) is 1.49. The quantitative estimate of drug-likeness (QED) is 0.706. The van der Waals surface area contributed by atoms with Gasteiger partial charge in [-0.15, -0.1) is 0 Å². The Morgan fingerprint density at radius 1 is 1.00 bits per heavy atom. The molecule has 0 unspecified atom stereocenters. The molecule has 0 saturated carbocycles. The summed E-state index contributed by atoms with van der Waals surface area (Å²) in [4.78, 5) is 23.7. The molecule has 0 aliphatic carbocycles. The van der Waals surface area contributed by atoms with Gasteiger partial charge in [0.25, 0.3) is 0 Å². The van der Waals surface area contributed by atoms with Crippen molar-refractivity contribution in [3.8, 4) is 5.75 Å². The molecule has 0 saturated heterocycles. The van der Waals surface area contributed by atoms with Gasteiger partial charge < -0.3 is 20.7 Å². The van der Waals surface area contributed by atoms with E-state index in [1.54, 1.807) is 12.1 Å². The van der Waals surface area contributed by atoms with Crippen molar-refractivity contribution in [1.82, 2.24) is 5.32 Å². The summed E-state index contributed by atoms with van der Waals surface area (Å²) < 4.78 is 31.3. The number of hydrogen-bond donors (Lipinski definition) is 3. The summed E-state index contributed by atoms with van der Waals surface area (Å²) in [5.41, 5.74) is 1.57. The van der Waals surface area contributed by atoms with Gasteiger partial charge in [0.05, 0.1) is 25.9 Å². The third kappa shape index (κ3) is 5.73. The number of aryl methyl sites for hydroxylation is 1. The average Bonchev–Trinajstić information content (AvgIpc) is 2.57. The molecule has 2 aromatic rings. The Morgan fingerprint density at radius 2 is 1.69 bits per heavy atom. The summed E-state index contributed by atoms with van der Waals surface area (Å²) in [5.74, 6) is -1.93. The van der Waals surface area contributed by atoms with E-state index in [4.69, 9.17) is 4.74 Å². The maximum absolute atomic E-state index is 13.1. The second-order valence-electron chi connectivity index (χ2n) is 5.54. The zero-order valence-corrected chi connectivity index (χ0v) is 14.4. The number of ether oxygens (including phenoxy) is 1. The number of anilines is 2. The predicted molar refractivity (Wildman–Crippen MR) is 94.2 cm³/mol. The van der Waals surface area contributed by atoms with E-state index in [-0.39, 0.29) is 18.8 Å². The Hall–Kier alpha value is -3.16. The van der Waals surface area contributed by atoms with Crippen molar-refractivity contribution in [2.45, 2.75) is 6.92 Å². The highest BCUT2D eigenvalue weighted by atomic mass is 19.1. The highest BCUT2D eigenvalue weighted by molar-refractivity contribution is 5.96. The zero-order valence-electron chi connectivity index (χ0n) is 14.4. The van der Waals surface area contributed by atoms with Crippen LogP contribution in [-0.2, 0) is 9.59 Å². The van der Waals surface area contributed by atoms with E-state index in [9.17, 15) is 18.4 Å². The van der Waals surface area contributed by atoms with Gasteiger partial charge in [-0.2, -0.15) is 0 Å². The molecule has 26 heavy (non-hydrogen) atoms. The van der Waals surface area contributed by atoms with Gasteiger partial charge in [-0.05, 0) is 36.8 Å². The molecule has 0 heterocycles. The van der Waals surface area contributed by atoms with Crippen LogP contribution in [0.15, 0.2) is 36.4 Å². The first-order chi connectivity index (χ1) is 12.4. The third-order valence-corrected chi connectivity index (χ3v) is 3.39. The molecule has 0 aliphatic rings. The van der Waals surface area contributed by atoms with Crippen LogP contribution in [0.4, 0.5) is 20.2 Å². The van der Waals surface area contributed by atoms with Gasteiger partial charge in [0.1, 0.15) is 17.4 Å². The van der Waals surface area contributed by atoms with Gasteiger partial charge in [-0.1, -0.05) is 6.07 Å². The molecule has 138 valence electrons. The lowest BCUT2D eigenvalue weighted by Gasteiger charge is -2.12. The molecule has 0 atom stereocenters. The van der Waals surface area contributed by atoms with Gasteiger partial charge in [0.15, 0.2) is 0 Å². The van der Waals surface area contributed by atoms with Crippen LogP contribution < -0.4 is 20.7 Å². The van der Waals surface area contributed by atoms with Gasteiger partial charge >= 0.3 is 0 Å². The first-order valence-electron chi connectivity index (χ1n) is 7.78. The van der Waals surface area contributed by atoms with Gasteiger partial charge in [0.2, 0.25) is 11.8 Å². The summed E-state index contributed by atoms with van der Waals surface area (Å²) in [5, 5.41) is 7.64. The first kappa shape index (κ1) is 19.2. The monoisotopic (exact) mass is 363 g/mol. The maximum Gasteiger partial charge on any atom is 0.243 e. The summed E-state index contributed by atoms with van der Waals surface area (Å²) in [6.07, 6.45) is 0. The molecule has 6 nitrogen and oxygen atoms in total. The summed E-state index contributed by atoms with van der Waals surface area (Å²) >= 11 is 0. The Kier molecular flexibility index (Phi) is 6.48. The molecule has 8 heteroatoms. The van der Waals surface area contributed by atoms with E-state index in [1.165, 1.54) is 7.11 Å². The normalized spacial score (nSPS) is 10.2. The van der Waals surface area contributed by atoms with E-state index in [1.807, 2.05) is 13.0 Å². The highest BCUT2D eigenvalue weighted by Gasteiger charge is 2.10. The fourth-order valence-electron chi connectivity index (χ4n) is 2.19. The zero-order chi connectivity index (χ0) is 19.1. The van der Waals surface area contributed by atoms with Crippen molar-refractivity contribution < 1.29 is 23.1 Å². The Balaban J connectivity index is 1.81. The lowest BCUT2D eigenvalue weighted by atomic mass is 10.2. The minimum absolute atomic E-state index is 0.131. The third-order valence-electron chi connectivity index (χ3n) is 3.39. The fourth-order valence-corrected chi connectivity index (χ4v) is 2.19. The largest absolute Gasteiger partial charge is 0.495 e. The number of rotatable bonds is 7. The van der Waals surface area contributed by atoms with Gasteiger partial charge in [-0.25, -0.2) is 8.78 Å². The van der Waals surface area contributed by atoms with Crippen LogP contribution in [0.25, 0.3) is 0 Å². The molecule has 0 bridgehead atoms. The van der Waals surface area contributed by atoms with Crippen molar-refractivity contribution in [3.63, 3.8) is 0 Å². The Labute approximate surface area is 149 Å². The number of amides is 2. The lowest BCUT2D eigenvalue weighted by Crippen LogP contribution is -2.36. The molecule has 0 aliphatic heterocycles. The van der Waals surface area contributed by atoms with E-state index in [0.29, 0.717) is 11.4 Å². The molecular weight excluding hydrogens is 344 g/mol. The number of benzene rings is 2. The average molecular weight is 363 g/mol. The molecule has 2 aromatic carbocycles. The Morgan fingerprint density at radius 3 is 2.35 bits per heavy atom. The van der Waals surface area contributed by atoms with Gasteiger partial charge in [-0.3, -0.25) is 9.59 Å². The molecule has 3 N–H and O–H groups in total. The van der Waals surface area contributed by atoms with E-state index >= 15 is 0 Å². The van der Waals surface area contributed by atoms with Gasteiger partial charge in [0, 0.05) is 11.8 Å². The smallest absolute Gasteiger partial charge is 0.243 e. The van der Waals surface area contributed by atoms with Crippen LogP contribution in [0.5, 0.6) is 5.75 Å². The standard InChI is InChI=1S/C18H19F2N3O3/c1-11-3-4-16(26-2)15(5-11)23-18(25)10-22-17(24)9-21-14-7-12(19)6-13(20)8-14/h3-8,21H,9-10H2,1-2H3,(H,22,24)(H,23,25). The van der Waals surface area contributed by atoms with Crippen LogP contribution >= 0.6 is 0 Å². The molecule has 0 fully saturated rings.